The van der Waals surface area contributed by atoms with E-state index >= 15 is 0 Å². The SMILES string of the molecule is CN(C)C(=O)COC1CCCN(C(=O)c2ccc(N)cc2)c2ccccc21. The Hall–Kier alpha value is -2.86. The fourth-order valence-electron chi connectivity index (χ4n) is 3.18. The zero-order chi connectivity index (χ0) is 19.4. The highest BCUT2D eigenvalue weighted by molar-refractivity contribution is 6.06. The number of ether oxygens (including phenoxy) is 1. The number of nitrogens with two attached hydrogens (primary N) is 1. The first-order chi connectivity index (χ1) is 13.0. The van der Waals surface area contributed by atoms with E-state index in [2.05, 4.69) is 0 Å². The minimum absolute atomic E-state index is 0.0257. The van der Waals surface area contributed by atoms with Crippen LogP contribution in [0.1, 0.15) is 34.9 Å². The number of fused-ring (bicyclic) bond motifs is 1. The maximum absolute atomic E-state index is 13.1. The first-order valence-corrected chi connectivity index (χ1v) is 9.05. The van der Waals surface area contributed by atoms with Crippen molar-refractivity contribution in [2.75, 3.05) is 37.9 Å². The molecule has 2 N–H and O–H groups in total. The Bertz CT molecular complexity index is 818. The third-order valence-corrected chi connectivity index (χ3v) is 4.73. The number of benzene rings is 2. The van der Waals surface area contributed by atoms with Gasteiger partial charge in [-0.2, -0.15) is 0 Å². The van der Waals surface area contributed by atoms with E-state index in [4.69, 9.17) is 10.5 Å². The predicted molar refractivity (Wildman–Crippen MR) is 106 cm³/mol. The Morgan fingerprint density at radius 1 is 1.15 bits per heavy atom. The van der Waals surface area contributed by atoms with Gasteiger partial charge in [0, 0.05) is 43.1 Å². The topological polar surface area (TPSA) is 75.9 Å². The molecule has 6 heteroatoms. The number of para-hydroxylation sites is 1. The molecule has 2 aromatic carbocycles. The van der Waals surface area contributed by atoms with Crippen molar-refractivity contribution < 1.29 is 14.3 Å². The van der Waals surface area contributed by atoms with E-state index in [1.807, 2.05) is 24.3 Å². The second-order valence-corrected chi connectivity index (χ2v) is 6.87. The monoisotopic (exact) mass is 367 g/mol. The summed E-state index contributed by atoms with van der Waals surface area (Å²) in [5, 5.41) is 0. The molecule has 2 amide bonds. The van der Waals surface area contributed by atoms with Gasteiger partial charge in [0.25, 0.3) is 5.91 Å². The number of amides is 2. The average Bonchev–Trinajstić information content (AvgIpc) is 2.85. The highest BCUT2D eigenvalue weighted by Crippen LogP contribution is 2.35. The number of anilines is 2. The molecule has 1 unspecified atom stereocenters. The van der Waals surface area contributed by atoms with Crippen LogP contribution in [0, 0.1) is 0 Å². The van der Waals surface area contributed by atoms with Crippen LogP contribution in [0.3, 0.4) is 0 Å². The maximum atomic E-state index is 13.1. The van der Waals surface area contributed by atoms with Crippen LogP contribution in [-0.4, -0.2) is 44.0 Å². The molecular formula is C21H25N3O3. The number of hydrogen-bond donors (Lipinski definition) is 1. The van der Waals surface area contributed by atoms with Gasteiger partial charge < -0.3 is 20.3 Å². The largest absolute Gasteiger partial charge is 0.399 e. The Labute approximate surface area is 159 Å². The van der Waals surface area contributed by atoms with Crippen LogP contribution in [-0.2, 0) is 9.53 Å². The van der Waals surface area contributed by atoms with E-state index in [-0.39, 0.29) is 24.5 Å². The first-order valence-electron chi connectivity index (χ1n) is 9.05. The number of carbonyl (C=O) groups excluding carboxylic acids is 2. The van der Waals surface area contributed by atoms with Crippen LogP contribution < -0.4 is 10.6 Å². The number of nitrogens with zero attached hydrogens (tertiary/aromatic N) is 2. The van der Waals surface area contributed by atoms with E-state index in [0.717, 1.165) is 24.1 Å². The van der Waals surface area contributed by atoms with Crippen LogP contribution in [0.25, 0.3) is 0 Å². The molecule has 27 heavy (non-hydrogen) atoms. The zero-order valence-electron chi connectivity index (χ0n) is 15.7. The van der Waals surface area contributed by atoms with Crippen molar-refractivity contribution in [2.24, 2.45) is 0 Å². The summed E-state index contributed by atoms with van der Waals surface area (Å²) >= 11 is 0. The van der Waals surface area contributed by atoms with Gasteiger partial charge in [-0.15, -0.1) is 0 Å². The molecule has 1 heterocycles. The summed E-state index contributed by atoms with van der Waals surface area (Å²) in [6, 6.07) is 14.7. The predicted octanol–water partition coefficient (Wildman–Crippen LogP) is 2.86. The molecule has 0 bridgehead atoms. The van der Waals surface area contributed by atoms with E-state index < -0.39 is 0 Å². The Morgan fingerprint density at radius 2 is 1.85 bits per heavy atom. The van der Waals surface area contributed by atoms with Crippen LogP contribution in [0.15, 0.2) is 48.5 Å². The molecule has 0 radical (unpaired) electrons. The Morgan fingerprint density at radius 3 is 2.56 bits per heavy atom. The number of carbonyl (C=O) groups is 2. The second kappa shape index (κ2) is 8.22. The third-order valence-electron chi connectivity index (χ3n) is 4.73. The number of likely N-dealkylation sites (N-methyl/N-ethyl adjacent to an activating group) is 1. The molecule has 0 saturated heterocycles. The standard InChI is InChI=1S/C21H25N3O3/c1-23(2)20(25)14-27-19-8-5-13-24(18-7-4-3-6-17(18)19)21(26)15-9-11-16(22)12-10-15/h3-4,6-7,9-12,19H,5,8,13-14,22H2,1-2H3. The highest BCUT2D eigenvalue weighted by atomic mass is 16.5. The van der Waals surface area contributed by atoms with Crippen molar-refractivity contribution in [1.82, 2.24) is 4.90 Å². The van der Waals surface area contributed by atoms with Gasteiger partial charge in [0.05, 0.1) is 6.10 Å². The minimum Gasteiger partial charge on any atom is -0.399 e. The zero-order valence-corrected chi connectivity index (χ0v) is 15.7. The van der Waals surface area contributed by atoms with Crippen molar-refractivity contribution in [2.45, 2.75) is 18.9 Å². The summed E-state index contributed by atoms with van der Waals surface area (Å²) < 4.78 is 5.92. The van der Waals surface area contributed by atoms with Crippen molar-refractivity contribution in [3.05, 3.63) is 59.7 Å². The first kappa shape index (κ1) is 18.9. The maximum Gasteiger partial charge on any atom is 0.258 e. The van der Waals surface area contributed by atoms with E-state index in [9.17, 15) is 9.59 Å². The van der Waals surface area contributed by atoms with Crippen molar-refractivity contribution in [3.8, 4) is 0 Å². The molecule has 3 rings (SSSR count). The molecular weight excluding hydrogens is 342 g/mol. The molecule has 2 aromatic rings. The molecule has 0 aromatic heterocycles. The summed E-state index contributed by atoms with van der Waals surface area (Å²) in [5.74, 6) is -0.140. The van der Waals surface area contributed by atoms with E-state index in [1.165, 1.54) is 4.90 Å². The lowest BCUT2D eigenvalue weighted by atomic mass is 10.0. The summed E-state index contributed by atoms with van der Waals surface area (Å²) in [6.07, 6.45) is 1.33. The quantitative estimate of drug-likeness (QED) is 0.843. The van der Waals surface area contributed by atoms with Gasteiger partial charge in [0.2, 0.25) is 5.91 Å². The van der Waals surface area contributed by atoms with E-state index in [1.54, 1.807) is 43.3 Å². The normalized spacial score (nSPS) is 16.4. The van der Waals surface area contributed by atoms with Crippen molar-refractivity contribution in [3.63, 3.8) is 0 Å². The summed E-state index contributed by atoms with van der Waals surface area (Å²) in [5.41, 5.74) is 8.72. The van der Waals surface area contributed by atoms with Crippen LogP contribution in [0.4, 0.5) is 11.4 Å². The highest BCUT2D eigenvalue weighted by Gasteiger charge is 2.27. The minimum atomic E-state index is -0.214. The fraction of sp³-hybridized carbons (Fsp3) is 0.333. The van der Waals surface area contributed by atoms with Crippen molar-refractivity contribution in [1.29, 1.82) is 0 Å². The molecule has 0 spiro atoms. The molecule has 6 nitrogen and oxygen atoms in total. The molecule has 0 saturated carbocycles. The molecule has 142 valence electrons. The number of rotatable bonds is 4. The van der Waals surface area contributed by atoms with Gasteiger partial charge in [-0.1, -0.05) is 18.2 Å². The third kappa shape index (κ3) is 4.28. The average molecular weight is 367 g/mol. The summed E-state index contributed by atoms with van der Waals surface area (Å²) in [7, 11) is 3.42. The van der Waals surface area contributed by atoms with Crippen molar-refractivity contribution >= 4 is 23.2 Å². The van der Waals surface area contributed by atoms with Gasteiger partial charge in [0.1, 0.15) is 6.61 Å². The Balaban J connectivity index is 1.86. The molecule has 0 aliphatic carbocycles. The van der Waals surface area contributed by atoms with Gasteiger partial charge in [-0.3, -0.25) is 9.59 Å². The second-order valence-electron chi connectivity index (χ2n) is 6.87. The van der Waals surface area contributed by atoms with Crippen LogP contribution in [0.5, 0.6) is 0 Å². The summed E-state index contributed by atoms with van der Waals surface area (Å²) in [6.45, 7) is 0.625. The molecule has 0 fully saturated rings. The molecule has 1 aliphatic heterocycles. The van der Waals surface area contributed by atoms with Gasteiger partial charge in [0.15, 0.2) is 0 Å². The smallest absolute Gasteiger partial charge is 0.258 e. The number of nitrogen functional groups attached to an aromatic ring is 1. The fourth-order valence-corrected chi connectivity index (χ4v) is 3.18. The summed E-state index contributed by atoms with van der Waals surface area (Å²) in [4.78, 5) is 28.3. The number of hydrogen-bond acceptors (Lipinski definition) is 4. The molecule has 1 atom stereocenters. The lowest BCUT2D eigenvalue weighted by Crippen LogP contribution is -2.31. The van der Waals surface area contributed by atoms with E-state index in [0.29, 0.717) is 17.8 Å². The van der Waals surface area contributed by atoms with Crippen LogP contribution >= 0.6 is 0 Å². The van der Waals surface area contributed by atoms with Gasteiger partial charge in [-0.25, -0.2) is 0 Å². The lowest BCUT2D eigenvalue weighted by molar-refractivity contribution is -0.135. The van der Waals surface area contributed by atoms with Crippen LogP contribution in [0.2, 0.25) is 0 Å². The van der Waals surface area contributed by atoms with Gasteiger partial charge in [-0.05, 0) is 43.2 Å². The molecule has 1 aliphatic rings. The Kier molecular flexibility index (Phi) is 5.76. The van der Waals surface area contributed by atoms with Gasteiger partial charge >= 0.3 is 0 Å². The lowest BCUT2D eigenvalue weighted by Gasteiger charge is -2.24.